The SMILES string of the molecule is CNC(=O)/C(=C(\C=O)c1c(C)sc(C)c1C)c1c(C)sc(C)c1C. The van der Waals surface area contributed by atoms with E-state index in [-0.39, 0.29) is 5.91 Å². The van der Waals surface area contributed by atoms with Gasteiger partial charge < -0.3 is 5.32 Å². The van der Waals surface area contributed by atoms with Crippen molar-refractivity contribution in [1.82, 2.24) is 5.32 Å². The van der Waals surface area contributed by atoms with Crippen LogP contribution in [0.15, 0.2) is 0 Å². The van der Waals surface area contributed by atoms with Crippen molar-refractivity contribution in [3.05, 3.63) is 41.8 Å². The van der Waals surface area contributed by atoms with Gasteiger partial charge in [0.2, 0.25) is 0 Å². The zero-order valence-corrected chi connectivity index (χ0v) is 16.8. The lowest BCUT2D eigenvalue weighted by Gasteiger charge is -2.13. The molecule has 1 N–H and O–H groups in total. The van der Waals surface area contributed by atoms with E-state index in [4.69, 9.17) is 0 Å². The third kappa shape index (κ3) is 2.98. The van der Waals surface area contributed by atoms with Crippen LogP contribution in [0.25, 0.3) is 11.1 Å². The molecule has 24 heavy (non-hydrogen) atoms. The van der Waals surface area contributed by atoms with Crippen molar-refractivity contribution in [2.75, 3.05) is 7.05 Å². The highest BCUT2D eigenvalue weighted by Gasteiger charge is 2.26. The predicted molar refractivity (Wildman–Crippen MR) is 104 cm³/mol. The Hall–Kier alpha value is -1.72. The fourth-order valence-electron chi connectivity index (χ4n) is 3.09. The molecule has 0 saturated carbocycles. The molecule has 0 bridgehead atoms. The summed E-state index contributed by atoms with van der Waals surface area (Å²) in [5, 5.41) is 2.71. The van der Waals surface area contributed by atoms with E-state index in [9.17, 15) is 9.59 Å². The van der Waals surface area contributed by atoms with Crippen LogP contribution in [0.5, 0.6) is 0 Å². The van der Waals surface area contributed by atoms with Gasteiger partial charge >= 0.3 is 0 Å². The van der Waals surface area contributed by atoms with E-state index in [2.05, 4.69) is 5.32 Å². The minimum atomic E-state index is -0.219. The summed E-state index contributed by atoms with van der Waals surface area (Å²) in [5.41, 5.74) is 4.89. The molecule has 0 spiro atoms. The van der Waals surface area contributed by atoms with Crippen LogP contribution < -0.4 is 5.32 Å². The molecule has 2 aromatic rings. The van der Waals surface area contributed by atoms with Crippen molar-refractivity contribution >= 4 is 46.0 Å². The quantitative estimate of drug-likeness (QED) is 0.643. The number of allylic oxidation sites excluding steroid dienone is 1. The predicted octanol–water partition coefficient (Wildman–Crippen LogP) is 4.52. The van der Waals surface area contributed by atoms with E-state index in [0.717, 1.165) is 38.3 Å². The van der Waals surface area contributed by atoms with Crippen LogP contribution in [0.3, 0.4) is 0 Å². The minimum absolute atomic E-state index is 0.219. The average Bonchev–Trinajstić information content (AvgIpc) is 2.93. The number of thiophene rings is 2. The first-order chi connectivity index (χ1) is 11.2. The Morgan fingerprint density at radius 1 is 0.833 bits per heavy atom. The van der Waals surface area contributed by atoms with Crippen molar-refractivity contribution in [2.45, 2.75) is 41.5 Å². The number of rotatable bonds is 4. The van der Waals surface area contributed by atoms with Crippen molar-refractivity contribution in [3.63, 3.8) is 0 Å². The van der Waals surface area contributed by atoms with Gasteiger partial charge in [0.05, 0.1) is 5.57 Å². The molecule has 128 valence electrons. The van der Waals surface area contributed by atoms with Gasteiger partial charge in [-0.2, -0.15) is 0 Å². The summed E-state index contributed by atoms with van der Waals surface area (Å²) in [6.07, 6.45) is 0.831. The highest BCUT2D eigenvalue weighted by atomic mass is 32.1. The fraction of sp³-hybridized carbons (Fsp3) is 0.368. The summed E-state index contributed by atoms with van der Waals surface area (Å²) in [4.78, 5) is 29.2. The summed E-state index contributed by atoms with van der Waals surface area (Å²) in [5.74, 6) is -0.219. The number of carbonyl (C=O) groups excluding carboxylic acids is 2. The van der Waals surface area contributed by atoms with Gasteiger partial charge in [-0.05, 0) is 52.7 Å². The lowest BCUT2D eigenvalue weighted by molar-refractivity contribution is -0.115. The lowest BCUT2D eigenvalue weighted by Crippen LogP contribution is -2.21. The molecular formula is C19H23NO2S2. The molecule has 1 amide bonds. The van der Waals surface area contributed by atoms with Gasteiger partial charge in [0, 0.05) is 43.3 Å². The monoisotopic (exact) mass is 361 g/mol. The molecule has 3 nitrogen and oxygen atoms in total. The summed E-state index contributed by atoms with van der Waals surface area (Å²) in [6, 6.07) is 0. The van der Waals surface area contributed by atoms with Gasteiger partial charge in [-0.15, -0.1) is 22.7 Å². The molecule has 0 fully saturated rings. The van der Waals surface area contributed by atoms with E-state index in [1.807, 2.05) is 41.5 Å². The van der Waals surface area contributed by atoms with E-state index in [1.54, 1.807) is 29.7 Å². The second-order valence-electron chi connectivity index (χ2n) is 5.91. The van der Waals surface area contributed by atoms with Crippen molar-refractivity contribution in [3.8, 4) is 0 Å². The van der Waals surface area contributed by atoms with Gasteiger partial charge in [-0.1, -0.05) is 0 Å². The standard InChI is InChI=1S/C19H23NO2S2/c1-9-11(3)23-13(5)16(9)15(8-21)18(19(22)20-7)17-10(2)12(4)24-14(17)6/h8H,1-7H3,(H,20,22)/b18-15+. The van der Waals surface area contributed by atoms with Crippen LogP contribution in [-0.4, -0.2) is 19.2 Å². The second-order valence-corrected chi connectivity index (χ2v) is 8.77. The van der Waals surface area contributed by atoms with Crippen LogP contribution in [-0.2, 0) is 9.59 Å². The number of nitrogens with one attached hydrogen (secondary N) is 1. The maximum Gasteiger partial charge on any atom is 0.252 e. The highest BCUT2D eigenvalue weighted by molar-refractivity contribution is 7.12. The Balaban J connectivity index is 2.94. The molecule has 0 unspecified atom stereocenters. The lowest BCUT2D eigenvalue weighted by atomic mass is 9.90. The molecule has 0 aliphatic carbocycles. The molecular weight excluding hydrogens is 338 g/mol. The van der Waals surface area contributed by atoms with Crippen LogP contribution in [0.2, 0.25) is 0 Å². The number of aryl methyl sites for hydroxylation is 4. The average molecular weight is 362 g/mol. The van der Waals surface area contributed by atoms with Crippen molar-refractivity contribution in [1.29, 1.82) is 0 Å². The topological polar surface area (TPSA) is 46.2 Å². The fourth-order valence-corrected chi connectivity index (χ4v) is 5.24. The molecule has 0 aliphatic heterocycles. The zero-order chi connectivity index (χ0) is 18.2. The summed E-state index contributed by atoms with van der Waals surface area (Å²) in [6.45, 7) is 12.1. The molecule has 0 radical (unpaired) electrons. The zero-order valence-electron chi connectivity index (χ0n) is 15.2. The Morgan fingerprint density at radius 3 is 1.62 bits per heavy atom. The molecule has 2 heterocycles. The van der Waals surface area contributed by atoms with Crippen LogP contribution in [0, 0.1) is 41.5 Å². The molecule has 0 aromatic carbocycles. The molecule has 0 saturated heterocycles. The van der Waals surface area contributed by atoms with Gasteiger partial charge in [0.15, 0.2) is 6.29 Å². The molecule has 2 rings (SSSR count). The highest BCUT2D eigenvalue weighted by Crippen LogP contribution is 2.39. The first kappa shape index (κ1) is 18.6. The smallest absolute Gasteiger partial charge is 0.252 e. The minimum Gasteiger partial charge on any atom is -0.355 e. The molecule has 5 heteroatoms. The Bertz CT molecular complexity index is 853. The number of aldehydes is 1. The van der Waals surface area contributed by atoms with Crippen LogP contribution >= 0.6 is 22.7 Å². The molecule has 0 aliphatic rings. The van der Waals surface area contributed by atoms with Gasteiger partial charge in [0.1, 0.15) is 0 Å². The second kappa shape index (κ2) is 7.03. The van der Waals surface area contributed by atoms with E-state index in [0.29, 0.717) is 11.1 Å². The largest absolute Gasteiger partial charge is 0.355 e. The Kier molecular flexibility index (Phi) is 5.45. The maximum absolute atomic E-state index is 12.7. The Morgan fingerprint density at radius 2 is 1.29 bits per heavy atom. The Labute approximate surface area is 151 Å². The van der Waals surface area contributed by atoms with E-state index >= 15 is 0 Å². The van der Waals surface area contributed by atoms with Gasteiger partial charge in [-0.25, -0.2) is 0 Å². The van der Waals surface area contributed by atoms with Gasteiger partial charge in [-0.3, -0.25) is 9.59 Å². The van der Waals surface area contributed by atoms with Gasteiger partial charge in [0.25, 0.3) is 5.91 Å². The molecule has 0 atom stereocenters. The third-order valence-electron chi connectivity index (χ3n) is 4.48. The summed E-state index contributed by atoms with van der Waals surface area (Å²) in [7, 11) is 1.60. The number of hydrogen-bond acceptors (Lipinski definition) is 4. The number of hydrogen-bond donors (Lipinski definition) is 1. The normalized spacial score (nSPS) is 12.1. The van der Waals surface area contributed by atoms with E-state index < -0.39 is 0 Å². The van der Waals surface area contributed by atoms with Crippen molar-refractivity contribution < 1.29 is 9.59 Å². The summed E-state index contributed by atoms with van der Waals surface area (Å²) >= 11 is 3.32. The van der Waals surface area contributed by atoms with Crippen molar-refractivity contribution in [2.24, 2.45) is 0 Å². The number of likely N-dealkylation sites (N-methyl/N-ethyl adjacent to an activating group) is 1. The number of amides is 1. The maximum atomic E-state index is 12.7. The first-order valence-corrected chi connectivity index (χ1v) is 9.43. The van der Waals surface area contributed by atoms with Crippen LogP contribution in [0.4, 0.5) is 0 Å². The van der Waals surface area contributed by atoms with Crippen LogP contribution in [0.1, 0.15) is 41.8 Å². The summed E-state index contributed by atoms with van der Waals surface area (Å²) < 4.78 is 0. The first-order valence-electron chi connectivity index (χ1n) is 7.79. The third-order valence-corrected chi connectivity index (χ3v) is 6.73. The van der Waals surface area contributed by atoms with E-state index in [1.165, 1.54) is 9.75 Å². The molecule has 2 aromatic heterocycles. The number of carbonyl (C=O) groups is 2.